The van der Waals surface area contributed by atoms with E-state index in [1.54, 1.807) is 12.1 Å². The topological polar surface area (TPSA) is 89.5 Å². The zero-order chi connectivity index (χ0) is 15.4. The monoisotopic (exact) mass is 293 g/mol. The molecule has 0 radical (unpaired) electrons. The smallest absolute Gasteiger partial charge is 0.344 e. The fourth-order valence-corrected chi connectivity index (χ4v) is 1.81. The minimum atomic E-state index is -0.567. The Balaban J connectivity index is 2.34. The number of imide groups is 1. The van der Waals surface area contributed by atoms with E-state index in [0.717, 1.165) is 5.01 Å². The normalized spacial score (nSPS) is 14.5. The molecule has 8 heteroatoms. The minimum Gasteiger partial charge on any atom is -0.496 e. The number of carbonyl (C=O) groups excluding carboxylic acids is 2. The van der Waals surface area contributed by atoms with E-state index in [4.69, 9.17) is 14.2 Å². The maximum atomic E-state index is 11.4. The summed E-state index contributed by atoms with van der Waals surface area (Å²) >= 11 is 0. The Morgan fingerprint density at radius 3 is 2.19 bits per heavy atom. The lowest BCUT2D eigenvalue weighted by atomic mass is 10.2. The van der Waals surface area contributed by atoms with Gasteiger partial charge in [-0.25, -0.2) is 9.80 Å². The Kier molecular flexibility index (Phi) is 4.27. The number of hydrogen-bond donors (Lipinski definition) is 1. The van der Waals surface area contributed by atoms with E-state index in [0.29, 0.717) is 22.8 Å². The molecule has 0 bridgehead atoms. The third kappa shape index (κ3) is 3.04. The maximum absolute atomic E-state index is 11.4. The van der Waals surface area contributed by atoms with Gasteiger partial charge in [0.2, 0.25) is 5.91 Å². The average Bonchev–Trinajstić information content (AvgIpc) is 2.81. The summed E-state index contributed by atoms with van der Waals surface area (Å²) in [5.41, 5.74) is 0.535. The molecule has 0 aliphatic carbocycles. The molecule has 2 rings (SSSR count). The molecule has 1 saturated heterocycles. The molecule has 21 heavy (non-hydrogen) atoms. The minimum absolute atomic E-state index is 0.115. The summed E-state index contributed by atoms with van der Waals surface area (Å²) in [7, 11) is 4.53. The fourth-order valence-electron chi connectivity index (χ4n) is 1.81. The molecule has 1 aromatic rings. The van der Waals surface area contributed by atoms with E-state index in [-0.39, 0.29) is 6.54 Å². The van der Waals surface area contributed by atoms with Gasteiger partial charge in [-0.3, -0.25) is 10.1 Å². The van der Waals surface area contributed by atoms with Crippen LogP contribution in [0.5, 0.6) is 17.2 Å². The molecule has 0 aromatic heterocycles. The predicted molar refractivity (Wildman–Crippen MR) is 73.9 cm³/mol. The Morgan fingerprint density at radius 1 is 1.14 bits per heavy atom. The number of methoxy groups -OCH3 is 3. The highest BCUT2D eigenvalue weighted by Gasteiger charge is 2.26. The van der Waals surface area contributed by atoms with Crippen molar-refractivity contribution in [3.8, 4) is 17.2 Å². The first-order valence-electron chi connectivity index (χ1n) is 6.04. The number of amides is 3. The first-order valence-corrected chi connectivity index (χ1v) is 6.04. The number of nitrogens with one attached hydrogen (secondary N) is 1. The number of rotatable bonds is 5. The van der Waals surface area contributed by atoms with Gasteiger partial charge in [0, 0.05) is 12.1 Å². The van der Waals surface area contributed by atoms with Gasteiger partial charge in [0.05, 0.1) is 33.1 Å². The van der Waals surface area contributed by atoms with Crippen LogP contribution >= 0.6 is 0 Å². The van der Waals surface area contributed by atoms with Gasteiger partial charge in [0.15, 0.2) is 0 Å². The van der Waals surface area contributed by atoms with Crippen LogP contribution in [-0.2, 0) is 4.79 Å². The van der Waals surface area contributed by atoms with E-state index in [9.17, 15) is 9.59 Å². The molecule has 1 aliphatic rings. The Labute approximate surface area is 121 Å². The number of hydrogen-bond acceptors (Lipinski definition) is 6. The summed E-state index contributed by atoms with van der Waals surface area (Å²) in [5, 5.41) is 7.12. The average molecular weight is 293 g/mol. The van der Waals surface area contributed by atoms with Gasteiger partial charge >= 0.3 is 6.03 Å². The molecular formula is C13H15N3O5. The quantitative estimate of drug-likeness (QED) is 0.634. The molecule has 1 fully saturated rings. The number of benzene rings is 1. The molecule has 1 N–H and O–H groups in total. The van der Waals surface area contributed by atoms with Crippen molar-refractivity contribution in [1.29, 1.82) is 0 Å². The van der Waals surface area contributed by atoms with Gasteiger partial charge in [0.1, 0.15) is 23.8 Å². The van der Waals surface area contributed by atoms with Crippen molar-refractivity contribution in [3.63, 3.8) is 0 Å². The number of nitrogens with zero attached hydrogens (tertiary/aromatic N) is 2. The van der Waals surface area contributed by atoms with Crippen LogP contribution in [0.2, 0.25) is 0 Å². The fraction of sp³-hybridized carbons (Fsp3) is 0.308. The molecule has 112 valence electrons. The molecule has 1 aliphatic heterocycles. The highest BCUT2D eigenvalue weighted by atomic mass is 16.5. The Morgan fingerprint density at radius 2 is 1.76 bits per heavy atom. The number of ether oxygens (including phenoxy) is 3. The van der Waals surface area contributed by atoms with Crippen molar-refractivity contribution >= 4 is 18.2 Å². The van der Waals surface area contributed by atoms with Gasteiger partial charge < -0.3 is 14.2 Å². The third-order valence-corrected chi connectivity index (χ3v) is 2.85. The zero-order valence-electron chi connectivity index (χ0n) is 11.9. The summed E-state index contributed by atoms with van der Waals surface area (Å²) in [5.74, 6) is 1.11. The second kappa shape index (κ2) is 6.12. The predicted octanol–water partition coefficient (Wildman–Crippen LogP) is 0.598. The van der Waals surface area contributed by atoms with Crippen LogP contribution in [0, 0.1) is 0 Å². The first kappa shape index (κ1) is 14.6. The first-order chi connectivity index (χ1) is 10.1. The highest BCUT2D eigenvalue weighted by Crippen LogP contribution is 2.32. The van der Waals surface area contributed by atoms with Gasteiger partial charge in [-0.2, -0.15) is 5.10 Å². The third-order valence-electron chi connectivity index (χ3n) is 2.85. The molecule has 1 heterocycles. The maximum Gasteiger partial charge on any atom is 0.344 e. The molecule has 0 saturated carbocycles. The standard InChI is InChI=1S/C13H15N3O5/c1-19-8-4-10(20-2)9(11(5-8)21-3)6-14-16-7-12(17)15-13(16)18/h4-6H,7H2,1-3H3,(H,15,17,18). The Bertz CT molecular complexity index is 574. The van der Waals surface area contributed by atoms with Crippen molar-refractivity contribution in [1.82, 2.24) is 10.3 Å². The van der Waals surface area contributed by atoms with Crippen molar-refractivity contribution in [2.45, 2.75) is 0 Å². The highest BCUT2D eigenvalue weighted by molar-refractivity contribution is 6.02. The van der Waals surface area contributed by atoms with Gasteiger partial charge in [-0.15, -0.1) is 0 Å². The number of hydrazone groups is 1. The molecule has 0 atom stereocenters. The van der Waals surface area contributed by atoms with Gasteiger partial charge in [-0.1, -0.05) is 0 Å². The molecular weight excluding hydrogens is 278 g/mol. The van der Waals surface area contributed by atoms with Crippen molar-refractivity contribution < 1.29 is 23.8 Å². The summed E-state index contributed by atoms with van der Waals surface area (Å²) < 4.78 is 15.7. The number of carbonyl (C=O) groups is 2. The van der Waals surface area contributed by atoms with Crippen LogP contribution in [0.3, 0.4) is 0 Å². The SMILES string of the molecule is COc1cc(OC)c(C=NN2CC(=O)NC2=O)c(OC)c1. The lowest BCUT2D eigenvalue weighted by Gasteiger charge is -2.12. The van der Waals surface area contributed by atoms with Crippen molar-refractivity contribution in [2.75, 3.05) is 27.9 Å². The summed E-state index contributed by atoms with van der Waals surface area (Å²) in [6, 6.07) is 2.76. The second-order valence-corrected chi connectivity index (χ2v) is 4.10. The second-order valence-electron chi connectivity index (χ2n) is 4.10. The summed E-state index contributed by atoms with van der Waals surface area (Å²) in [4.78, 5) is 22.5. The molecule has 1 aromatic carbocycles. The largest absolute Gasteiger partial charge is 0.496 e. The van der Waals surface area contributed by atoms with Crippen LogP contribution in [0.1, 0.15) is 5.56 Å². The van der Waals surface area contributed by atoms with Crippen LogP contribution in [0.4, 0.5) is 4.79 Å². The van der Waals surface area contributed by atoms with Crippen LogP contribution in [0.15, 0.2) is 17.2 Å². The van der Waals surface area contributed by atoms with Crippen LogP contribution < -0.4 is 19.5 Å². The van der Waals surface area contributed by atoms with Gasteiger partial charge in [-0.05, 0) is 0 Å². The molecule has 3 amide bonds. The van der Waals surface area contributed by atoms with Gasteiger partial charge in [0.25, 0.3) is 0 Å². The molecule has 8 nitrogen and oxygen atoms in total. The van der Waals surface area contributed by atoms with Crippen molar-refractivity contribution in [2.24, 2.45) is 5.10 Å². The van der Waals surface area contributed by atoms with E-state index >= 15 is 0 Å². The van der Waals surface area contributed by atoms with E-state index in [1.807, 2.05) is 0 Å². The van der Waals surface area contributed by atoms with Crippen LogP contribution in [-0.4, -0.2) is 51.0 Å². The number of urea groups is 1. The van der Waals surface area contributed by atoms with Crippen LogP contribution in [0.25, 0.3) is 0 Å². The molecule has 0 spiro atoms. The molecule has 0 unspecified atom stereocenters. The summed E-state index contributed by atoms with van der Waals surface area (Å²) in [6.45, 7) is -0.115. The van der Waals surface area contributed by atoms with E-state index in [2.05, 4.69) is 10.4 Å². The van der Waals surface area contributed by atoms with E-state index in [1.165, 1.54) is 27.5 Å². The Hall–Kier alpha value is -2.77. The lowest BCUT2D eigenvalue weighted by molar-refractivity contribution is -0.118. The van der Waals surface area contributed by atoms with Crippen molar-refractivity contribution in [3.05, 3.63) is 17.7 Å². The lowest BCUT2D eigenvalue weighted by Crippen LogP contribution is -2.24. The van der Waals surface area contributed by atoms with E-state index < -0.39 is 11.9 Å². The summed E-state index contributed by atoms with van der Waals surface area (Å²) in [6.07, 6.45) is 1.40. The zero-order valence-corrected chi connectivity index (χ0v) is 11.9.